The number of carboxylic acid groups (broad SMARTS) is 1. The first kappa shape index (κ1) is 32.1. The van der Waals surface area contributed by atoms with Crippen molar-refractivity contribution in [3.63, 3.8) is 0 Å². The molecule has 2 fully saturated rings. The van der Waals surface area contributed by atoms with Crippen molar-refractivity contribution >= 4 is 64.7 Å². The van der Waals surface area contributed by atoms with Gasteiger partial charge in [0, 0.05) is 37.6 Å². The largest absolute Gasteiger partial charge is 1.00 e. The molecular weight excluding hydrogens is 589 g/mol. The number of thioether (sulfide) groups is 2. The monoisotopic (exact) mass is 615 g/mol. The summed E-state index contributed by atoms with van der Waals surface area (Å²) in [5.41, 5.74) is -0.838. The maximum atomic E-state index is 13.3. The zero-order chi connectivity index (χ0) is 28.3. The van der Waals surface area contributed by atoms with E-state index in [0.29, 0.717) is 9.90 Å². The van der Waals surface area contributed by atoms with Gasteiger partial charge in [0.1, 0.15) is 22.5 Å². The Hall–Kier alpha value is -2.37. The van der Waals surface area contributed by atoms with Gasteiger partial charge in [-0.05, 0) is 12.5 Å². The van der Waals surface area contributed by atoms with Crippen molar-refractivity contribution in [3.8, 4) is 0 Å². The zero-order valence-corrected chi connectivity index (χ0v) is 26.7. The third-order valence-corrected chi connectivity index (χ3v) is 10.2. The Kier molecular flexibility index (Phi) is 10.9. The number of hydrogen-bond donors (Lipinski definition) is 3. The summed E-state index contributed by atoms with van der Waals surface area (Å²) >= 11 is 3.87. The molecule has 0 aliphatic carbocycles. The van der Waals surface area contributed by atoms with Crippen LogP contribution in [0.5, 0.6) is 0 Å². The SMILES string of the molecule is CNC(=O)N(C)C(=O)NC(C(=O)NC1C(=O)N2CC(CSc3nnc(C)s3)(C(=O)[O-])CS[C@H]12)c1ccccc1.[Na+]. The van der Waals surface area contributed by atoms with Crippen LogP contribution in [0.4, 0.5) is 9.59 Å². The third-order valence-electron chi connectivity index (χ3n) is 6.34. The molecule has 4 rings (SSSR count). The minimum absolute atomic E-state index is 0. The fraction of sp³-hybridized carbons (Fsp3) is 0.435. The van der Waals surface area contributed by atoms with E-state index in [0.717, 1.165) is 9.91 Å². The zero-order valence-electron chi connectivity index (χ0n) is 22.2. The van der Waals surface area contributed by atoms with Crippen LogP contribution in [-0.2, 0) is 14.4 Å². The number of urea groups is 2. The summed E-state index contributed by atoms with van der Waals surface area (Å²) in [6.45, 7) is 1.75. The molecule has 0 saturated carbocycles. The molecule has 0 radical (unpaired) electrons. The number of fused-ring (bicyclic) bond motifs is 1. The maximum absolute atomic E-state index is 13.3. The number of aryl methyl sites for hydroxylation is 1. The van der Waals surface area contributed by atoms with Gasteiger partial charge in [0.15, 0.2) is 4.34 Å². The van der Waals surface area contributed by atoms with Crippen molar-refractivity contribution < 1.29 is 58.6 Å². The number of rotatable bonds is 8. The standard InChI is InChI=1S/C23H27N7O6S3.Na/c1-12-27-28-22(39-12)38-11-23(19(33)34)9-30-17(32)15(18(30)37-10-23)25-16(31)14(13-7-5-4-6-8-13)26-21(36)29(3)20(35)24-2;/h4-8,14-15,18H,9-11H2,1-3H3,(H,24,35)(H,25,31)(H,26,36)(H,33,34);/q;+1/p-1/t14?,15?,18-,23?;/m1./s1. The number of aliphatic carboxylic acids is 1. The van der Waals surface area contributed by atoms with Crippen molar-refractivity contribution in [1.29, 1.82) is 0 Å². The van der Waals surface area contributed by atoms with E-state index in [1.54, 1.807) is 37.3 Å². The number of aromatic nitrogens is 2. The molecule has 40 heavy (non-hydrogen) atoms. The van der Waals surface area contributed by atoms with Gasteiger partial charge in [0.05, 0.1) is 5.97 Å². The molecule has 13 nitrogen and oxygen atoms in total. The minimum Gasteiger partial charge on any atom is -0.549 e. The molecule has 0 spiro atoms. The molecule has 2 aliphatic rings. The molecule has 6 amide bonds. The Labute approximate surface area is 264 Å². The van der Waals surface area contributed by atoms with Gasteiger partial charge >= 0.3 is 41.6 Å². The van der Waals surface area contributed by atoms with E-state index >= 15 is 0 Å². The normalized spacial score (nSPS) is 22.1. The molecular formula is C23H26N7NaO6S3. The molecule has 3 heterocycles. The van der Waals surface area contributed by atoms with Crippen LogP contribution in [0.1, 0.15) is 16.6 Å². The second-order valence-corrected chi connectivity index (χ2v) is 12.5. The second-order valence-electron chi connectivity index (χ2n) is 9.00. The predicted octanol–water partition coefficient (Wildman–Crippen LogP) is -3.20. The molecule has 3 unspecified atom stereocenters. The number of nitrogens with one attached hydrogen (secondary N) is 3. The Morgan fingerprint density at radius 3 is 2.52 bits per heavy atom. The summed E-state index contributed by atoms with van der Waals surface area (Å²) in [4.78, 5) is 65.2. The first-order valence-corrected chi connectivity index (χ1v) is 14.6. The number of nitrogens with zero attached hydrogens (tertiary/aromatic N) is 4. The number of β-lactam (4-membered cyclic amide) rings is 1. The average molecular weight is 616 g/mol. The molecule has 2 aromatic rings. The molecule has 2 aliphatic heterocycles. The van der Waals surface area contributed by atoms with Gasteiger partial charge < -0.3 is 30.8 Å². The Morgan fingerprint density at radius 2 is 1.93 bits per heavy atom. The molecule has 1 aromatic carbocycles. The summed E-state index contributed by atoms with van der Waals surface area (Å²) < 4.78 is 0.636. The van der Waals surface area contributed by atoms with Crippen molar-refractivity contribution in [2.45, 2.75) is 28.7 Å². The quantitative estimate of drug-likeness (QED) is 0.156. The van der Waals surface area contributed by atoms with Crippen LogP contribution in [-0.4, -0.2) is 93.4 Å². The topological polar surface area (TPSA) is 177 Å². The van der Waals surface area contributed by atoms with E-state index in [9.17, 15) is 29.1 Å². The van der Waals surface area contributed by atoms with E-state index in [1.165, 1.54) is 53.9 Å². The fourth-order valence-corrected chi connectivity index (χ4v) is 7.76. The van der Waals surface area contributed by atoms with Gasteiger partial charge in [-0.2, -0.15) is 0 Å². The number of hydrogen-bond acceptors (Lipinski definition) is 11. The molecule has 0 bridgehead atoms. The molecule has 17 heteroatoms. The average Bonchev–Trinajstić information content (AvgIpc) is 3.37. The van der Waals surface area contributed by atoms with Crippen molar-refractivity contribution in [2.24, 2.45) is 5.41 Å². The van der Waals surface area contributed by atoms with Crippen LogP contribution in [0.25, 0.3) is 0 Å². The van der Waals surface area contributed by atoms with Crippen LogP contribution in [0.3, 0.4) is 0 Å². The van der Waals surface area contributed by atoms with Crippen molar-refractivity contribution in [1.82, 2.24) is 35.9 Å². The van der Waals surface area contributed by atoms with E-state index in [2.05, 4.69) is 26.1 Å². The number of carboxylic acids is 1. The number of imide groups is 1. The van der Waals surface area contributed by atoms with Crippen LogP contribution in [0.15, 0.2) is 34.7 Å². The van der Waals surface area contributed by atoms with E-state index in [-0.39, 0.29) is 47.6 Å². The van der Waals surface area contributed by atoms with Gasteiger partial charge in [0.25, 0.3) is 0 Å². The van der Waals surface area contributed by atoms with Crippen LogP contribution < -0.4 is 50.6 Å². The minimum atomic E-state index is -1.29. The van der Waals surface area contributed by atoms with Crippen LogP contribution in [0, 0.1) is 12.3 Å². The van der Waals surface area contributed by atoms with Crippen molar-refractivity contribution in [2.75, 3.05) is 32.1 Å². The number of benzene rings is 1. The fourth-order valence-electron chi connectivity index (χ4n) is 4.10. The maximum Gasteiger partial charge on any atom is 1.00 e. The van der Waals surface area contributed by atoms with Gasteiger partial charge in [-0.3, -0.25) is 9.59 Å². The Bertz CT molecular complexity index is 1280. The first-order valence-electron chi connectivity index (χ1n) is 11.7. The summed E-state index contributed by atoms with van der Waals surface area (Å²) in [6, 6.07) is 4.84. The summed E-state index contributed by atoms with van der Waals surface area (Å²) in [7, 11) is 2.63. The van der Waals surface area contributed by atoms with Crippen LogP contribution in [0.2, 0.25) is 0 Å². The summed E-state index contributed by atoms with van der Waals surface area (Å²) in [5.74, 6) is -1.99. The van der Waals surface area contributed by atoms with E-state index in [4.69, 9.17) is 0 Å². The second kappa shape index (κ2) is 13.5. The molecule has 4 atom stereocenters. The Morgan fingerprint density at radius 1 is 1.23 bits per heavy atom. The van der Waals surface area contributed by atoms with Gasteiger partial charge in [-0.15, -0.1) is 22.0 Å². The molecule has 208 valence electrons. The number of carbonyl (C=O) groups excluding carboxylic acids is 5. The Balaban J connectivity index is 0.00000441. The third kappa shape index (κ3) is 6.74. The van der Waals surface area contributed by atoms with Crippen LogP contribution >= 0.6 is 34.9 Å². The van der Waals surface area contributed by atoms with Gasteiger partial charge in [-0.25, -0.2) is 14.5 Å². The molecule has 2 saturated heterocycles. The smallest absolute Gasteiger partial charge is 0.549 e. The van der Waals surface area contributed by atoms with Crippen molar-refractivity contribution in [3.05, 3.63) is 40.9 Å². The van der Waals surface area contributed by atoms with Gasteiger partial charge in [0.2, 0.25) is 11.8 Å². The first-order chi connectivity index (χ1) is 18.6. The predicted molar refractivity (Wildman–Crippen MR) is 143 cm³/mol. The summed E-state index contributed by atoms with van der Waals surface area (Å²) in [5, 5.41) is 28.0. The number of carbonyl (C=O) groups is 5. The van der Waals surface area contributed by atoms with E-state index < -0.39 is 52.7 Å². The molecule has 3 N–H and O–H groups in total. The molecule has 1 aromatic heterocycles. The summed E-state index contributed by atoms with van der Waals surface area (Å²) in [6.07, 6.45) is 0. The van der Waals surface area contributed by atoms with E-state index in [1.807, 2.05) is 0 Å². The van der Waals surface area contributed by atoms with Gasteiger partial charge in [-0.1, -0.05) is 53.4 Å². The number of amides is 6.